The third kappa shape index (κ3) is 4.72. The van der Waals surface area contributed by atoms with Crippen LogP contribution in [0.5, 0.6) is 0 Å². The first-order valence-electron chi connectivity index (χ1n) is 11.7. The van der Waals surface area contributed by atoms with Crippen LogP contribution in [-0.2, 0) is 26.0 Å². The molecule has 0 spiro atoms. The number of anilines is 1. The van der Waals surface area contributed by atoms with Crippen molar-refractivity contribution in [3.05, 3.63) is 35.0 Å². The fourth-order valence-electron chi connectivity index (χ4n) is 4.80. The van der Waals surface area contributed by atoms with Crippen molar-refractivity contribution in [1.82, 2.24) is 14.9 Å². The average Bonchev–Trinajstić information content (AvgIpc) is 3.21. The maximum Gasteiger partial charge on any atom is 0.337 e. The number of nitrogens with one attached hydrogen (secondary N) is 2. The van der Waals surface area contributed by atoms with Crippen LogP contribution in [0.15, 0.2) is 34.4 Å². The lowest BCUT2D eigenvalue weighted by Gasteiger charge is -2.31. The van der Waals surface area contributed by atoms with Crippen LogP contribution < -0.4 is 15.5 Å². The molecule has 3 heterocycles. The first-order valence-corrected chi connectivity index (χ1v) is 13.1. The molecule has 3 aliphatic heterocycles. The van der Waals surface area contributed by atoms with Crippen LogP contribution in [0, 0.1) is 0 Å². The van der Waals surface area contributed by atoms with Crippen molar-refractivity contribution in [2.45, 2.75) is 56.9 Å². The fourth-order valence-corrected chi connectivity index (χ4v) is 6.37. The molecule has 1 saturated heterocycles. The van der Waals surface area contributed by atoms with Gasteiger partial charge in [-0.3, -0.25) is 0 Å². The third-order valence-corrected chi connectivity index (χ3v) is 8.39. The highest BCUT2D eigenvalue weighted by molar-refractivity contribution is 7.89. The summed E-state index contributed by atoms with van der Waals surface area (Å²) in [6.45, 7) is 6.06. The van der Waals surface area contributed by atoms with Gasteiger partial charge in [0.15, 0.2) is 0 Å². The molecule has 2 amide bonds. The Bertz CT molecular complexity index is 1060. The zero-order chi connectivity index (χ0) is 23.6. The Kier molecular flexibility index (Phi) is 6.94. The largest absolute Gasteiger partial charge is 0.463 e. The van der Waals surface area contributed by atoms with Crippen LogP contribution >= 0.6 is 0 Å². The molecule has 0 radical (unpaired) electrons. The van der Waals surface area contributed by atoms with Gasteiger partial charge in [-0.2, -0.15) is 4.31 Å². The Morgan fingerprint density at radius 1 is 1.15 bits per heavy atom. The molecule has 0 saturated carbocycles. The van der Waals surface area contributed by atoms with Gasteiger partial charge in [-0.05, 0) is 56.4 Å². The molecular weight excluding hydrogens is 444 g/mol. The van der Waals surface area contributed by atoms with Crippen LogP contribution in [0.3, 0.4) is 0 Å². The number of urea groups is 1. The number of fused-ring (bicyclic) bond motifs is 1. The number of esters is 1. The molecule has 180 valence electrons. The number of carbonyl (C=O) groups excluding carboxylic acids is 2. The molecule has 0 aromatic heterocycles. The van der Waals surface area contributed by atoms with Crippen molar-refractivity contribution in [3.63, 3.8) is 0 Å². The number of rotatable bonds is 7. The molecule has 0 aliphatic carbocycles. The normalized spacial score (nSPS) is 21.5. The number of ether oxygens (including phenoxy) is 1. The Labute approximate surface area is 195 Å². The van der Waals surface area contributed by atoms with Gasteiger partial charge in [-0.15, -0.1) is 0 Å². The smallest absolute Gasteiger partial charge is 0.337 e. The first-order chi connectivity index (χ1) is 15.8. The number of carbonyl (C=O) groups is 2. The van der Waals surface area contributed by atoms with Crippen molar-refractivity contribution >= 4 is 27.7 Å². The predicted octanol–water partition coefficient (Wildman–Crippen LogP) is 2.13. The quantitative estimate of drug-likeness (QED) is 0.584. The predicted molar refractivity (Wildman–Crippen MR) is 124 cm³/mol. The maximum atomic E-state index is 13.1. The third-order valence-electron chi connectivity index (χ3n) is 6.49. The van der Waals surface area contributed by atoms with Crippen molar-refractivity contribution in [2.75, 3.05) is 37.7 Å². The Morgan fingerprint density at radius 2 is 1.91 bits per heavy atom. The molecule has 2 N–H and O–H groups in total. The van der Waals surface area contributed by atoms with Crippen molar-refractivity contribution in [2.24, 2.45) is 0 Å². The summed E-state index contributed by atoms with van der Waals surface area (Å²) in [6, 6.07) is 4.52. The highest BCUT2D eigenvalue weighted by Crippen LogP contribution is 2.33. The molecule has 9 nitrogen and oxygen atoms in total. The number of benzene rings is 1. The monoisotopic (exact) mass is 476 g/mol. The minimum absolute atomic E-state index is 0.251. The zero-order valence-electron chi connectivity index (χ0n) is 19.2. The van der Waals surface area contributed by atoms with E-state index in [1.54, 1.807) is 23.4 Å². The zero-order valence-corrected chi connectivity index (χ0v) is 20.0. The molecule has 4 rings (SSSR count). The highest BCUT2D eigenvalue weighted by Gasteiger charge is 2.34. The van der Waals surface area contributed by atoms with Crippen LogP contribution in [0.25, 0.3) is 0 Å². The minimum atomic E-state index is -3.49. The van der Waals surface area contributed by atoms with E-state index in [4.69, 9.17) is 4.74 Å². The summed E-state index contributed by atoms with van der Waals surface area (Å²) in [6.07, 6.45) is 4.13. The van der Waals surface area contributed by atoms with E-state index in [1.165, 1.54) is 0 Å². The van der Waals surface area contributed by atoms with Gasteiger partial charge in [-0.1, -0.05) is 13.3 Å². The molecule has 0 unspecified atom stereocenters. The van der Waals surface area contributed by atoms with E-state index in [-0.39, 0.29) is 12.6 Å². The number of hydrogen-bond acceptors (Lipinski definition) is 6. The number of sulfonamides is 1. The summed E-state index contributed by atoms with van der Waals surface area (Å²) < 4.78 is 33.0. The topological polar surface area (TPSA) is 108 Å². The molecule has 1 fully saturated rings. The van der Waals surface area contributed by atoms with E-state index in [0.29, 0.717) is 55.2 Å². The SMILES string of the molecule is CCOC(=O)C1=C(CN2CCc3cc(S(=O)(=O)N4CCCCC4)ccc32)NC(=O)N[C@H]1CC. The van der Waals surface area contributed by atoms with Gasteiger partial charge in [0.25, 0.3) is 0 Å². The van der Waals surface area contributed by atoms with E-state index in [2.05, 4.69) is 15.5 Å². The van der Waals surface area contributed by atoms with Crippen molar-refractivity contribution in [3.8, 4) is 0 Å². The summed E-state index contributed by atoms with van der Waals surface area (Å²) in [4.78, 5) is 27.2. The molecule has 3 aliphatic rings. The maximum absolute atomic E-state index is 13.1. The van der Waals surface area contributed by atoms with Gasteiger partial charge in [0, 0.05) is 25.3 Å². The first kappa shape index (κ1) is 23.6. The second kappa shape index (κ2) is 9.72. The number of hydrogen-bond donors (Lipinski definition) is 2. The van der Waals surface area contributed by atoms with Crippen molar-refractivity contribution < 1.29 is 22.7 Å². The molecule has 33 heavy (non-hydrogen) atoms. The summed E-state index contributed by atoms with van der Waals surface area (Å²) in [5.41, 5.74) is 2.85. The highest BCUT2D eigenvalue weighted by atomic mass is 32.2. The minimum Gasteiger partial charge on any atom is -0.463 e. The van der Waals surface area contributed by atoms with Gasteiger partial charge in [0.1, 0.15) is 0 Å². The van der Waals surface area contributed by atoms with Crippen molar-refractivity contribution in [1.29, 1.82) is 0 Å². The summed E-state index contributed by atoms with van der Waals surface area (Å²) in [7, 11) is -3.49. The van der Waals surface area contributed by atoms with E-state index in [1.807, 2.05) is 13.0 Å². The van der Waals surface area contributed by atoms with E-state index < -0.39 is 22.0 Å². The van der Waals surface area contributed by atoms with Gasteiger partial charge in [-0.25, -0.2) is 18.0 Å². The summed E-state index contributed by atoms with van der Waals surface area (Å²) in [5, 5.41) is 5.58. The van der Waals surface area contributed by atoms with E-state index in [0.717, 1.165) is 30.5 Å². The Balaban J connectivity index is 1.60. The van der Waals surface area contributed by atoms with Crippen LogP contribution in [0.4, 0.5) is 10.5 Å². The summed E-state index contributed by atoms with van der Waals surface area (Å²) in [5.74, 6) is -0.436. The van der Waals surface area contributed by atoms with Gasteiger partial charge in [0.2, 0.25) is 10.0 Å². The summed E-state index contributed by atoms with van der Waals surface area (Å²) >= 11 is 0. The van der Waals surface area contributed by atoms with Crippen LogP contribution in [-0.4, -0.2) is 63.6 Å². The number of amides is 2. The van der Waals surface area contributed by atoms with Gasteiger partial charge >= 0.3 is 12.0 Å². The fraction of sp³-hybridized carbons (Fsp3) is 0.565. The molecule has 1 aromatic carbocycles. The number of piperidine rings is 1. The lowest BCUT2D eigenvalue weighted by atomic mass is 10.00. The molecule has 1 atom stereocenters. The Morgan fingerprint density at radius 3 is 2.61 bits per heavy atom. The average molecular weight is 477 g/mol. The van der Waals surface area contributed by atoms with E-state index in [9.17, 15) is 18.0 Å². The molecule has 10 heteroatoms. The lowest BCUT2D eigenvalue weighted by molar-refractivity contribution is -0.139. The molecule has 0 bridgehead atoms. The van der Waals surface area contributed by atoms with E-state index >= 15 is 0 Å². The molecular formula is C23H32N4O5S. The second-order valence-electron chi connectivity index (χ2n) is 8.60. The van der Waals surface area contributed by atoms with Gasteiger partial charge < -0.3 is 20.3 Å². The Hall–Kier alpha value is -2.59. The standard InChI is InChI=1S/C23H32N4O5S/c1-3-18-21(22(28)32-4-2)19(25-23(29)24-18)15-26-13-10-16-14-17(8-9-20(16)26)33(30,31)27-11-6-5-7-12-27/h8-9,14,18H,3-7,10-13,15H2,1-2H3,(H2,24,25,29)/t18-/m0/s1. The second-order valence-corrected chi connectivity index (χ2v) is 10.5. The lowest BCUT2D eigenvalue weighted by Crippen LogP contribution is -2.52. The molecule has 1 aromatic rings. The van der Waals surface area contributed by atoms with Gasteiger partial charge in [0.05, 0.1) is 35.4 Å². The van der Waals surface area contributed by atoms with Crippen LogP contribution in [0.1, 0.15) is 45.1 Å². The number of nitrogens with zero attached hydrogens (tertiary/aromatic N) is 2. The van der Waals surface area contributed by atoms with Crippen LogP contribution in [0.2, 0.25) is 0 Å².